The van der Waals surface area contributed by atoms with Gasteiger partial charge in [0.1, 0.15) is 5.76 Å². The summed E-state index contributed by atoms with van der Waals surface area (Å²) in [6.07, 6.45) is -1.43. The van der Waals surface area contributed by atoms with Crippen molar-refractivity contribution in [1.82, 2.24) is 4.98 Å². The molecule has 0 aromatic carbocycles. The molecule has 20 heavy (non-hydrogen) atoms. The Morgan fingerprint density at radius 2 is 2.10 bits per heavy atom. The van der Waals surface area contributed by atoms with E-state index in [1.165, 1.54) is 12.3 Å². The van der Waals surface area contributed by atoms with Gasteiger partial charge in [0, 0.05) is 6.07 Å². The van der Waals surface area contributed by atoms with Crippen molar-refractivity contribution >= 4 is 21.6 Å². The first-order valence-corrected chi connectivity index (χ1v) is 6.35. The number of pyridine rings is 1. The predicted molar refractivity (Wildman–Crippen MR) is 69.5 cm³/mol. The van der Waals surface area contributed by atoms with Gasteiger partial charge in [-0.3, -0.25) is 0 Å². The van der Waals surface area contributed by atoms with Crippen LogP contribution in [0.15, 0.2) is 39.5 Å². The topological polar surface area (TPSA) is 47.3 Å². The fourth-order valence-corrected chi connectivity index (χ4v) is 1.70. The van der Waals surface area contributed by atoms with Gasteiger partial charge in [0.05, 0.1) is 29.2 Å². The molecule has 1 N–H and O–H groups in total. The van der Waals surface area contributed by atoms with Crippen LogP contribution in [0.4, 0.5) is 18.9 Å². The molecule has 0 unspecified atom stereocenters. The minimum Gasteiger partial charge on any atom is -0.468 e. The first-order valence-electron chi connectivity index (χ1n) is 5.55. The van der Waals surface area contributed by atoms with Crippen LogP contribution in [0.25, 0.3) is 0 Å². The van der Waals surface area contributed by atoms with E-state index in [-0.39, 0.29) is 5.88 Å². The number of anilines is 1. The Balaban J connectivity index is 1.87. The van der Waals surface area contributed by atoms with Crippen molar-refractivity contribution in [2.45, 2.75) is 12.7 Å². The van der Waals surface area contributed by atoms with Gasteiger partial charge in [-0.2, -0.15) is 13.2 Å². The van der Waals surface area contributed by atoms with E-state index in [1.54, 1.807) is 18.4 Å². The fourth-order valence-electron chi connectivity index (χ4n) is 1.36. The highest BCUT2D eigenvalue weighted by Gasteiger charge is 2.28. The summed E-state index contributed by atoms with van der Waals surface area (Å²) in [5.41, 5.74) is 0.646. The molecule has 2 heterocycles. The normalized spacial score (nSPS) is 11.4. The molecule has 0 saturated heterocycles. The second kappa shape index (κ2) is 6.17. The highest BCUT2D eigenvalue weighted by atomic mass is 79.9. The van der Waals surface area contributed by atoms with Gasteiger partial charge in [-0.05, 0) is 28.1 Å². The summed E-state index contributed by atoms with van der Waals surface area (Å²) in [6.45, 7) is -0.926. The van der Waals surface area contributed by atoms with E-state index < -0.39 is 12.8 Å². The molecule has 8 heteroatoms. The maximum atomic E-state index is 12.0. The highest BCUT2D eigenvalue weighted by molar-refractivity contribution is 9.10. The van der Waals surface area contributed by atoms with E-state index in [4.69, 9.17) is 4.42 Å². The van der Waals surface area contributed by atoms with Gasteiger partial charge < -0.3 is 14.5 Å². The van der Waals surface area contributed by atoms with E-state index in [0.29, 0.717) is 18.0 Å². The van der Waals surface area contributed by atoms with Crippen molar-refractivity contribution in [2.75, 3.05) is 11.9 Å². The van der Waals surface area contributed by atoms with Crippen molar-refractivity contribution in [1.29, 1.82) is 0 Å². The van der Waals surface area contributed by atoms with Crippen LogP contribution in [-0.2, 0) is 6.54 Å². The largest absolute Gasteiger partial charge is 0.468 e. The molecule has 0 bridgehead atoms. The molecule has 108 valence electrons. The Morgan fingerprint density at radius 3 is 2.65 bits per heavy atom. The molecule has 0 aliphatic heterocycles. The minimum atomic E-state index is -4.37. The maximum Gasteiger partial charge on any atom is 0.422 e. The Labute approximate surface area is 121 Å². The van der Waals surface area contributed by atoms with Crippen LogP contribution in [0.3, 0.4) is 0 Å². The smallest absolute Gasteiger partial charge is 0.422 e. The molecule has 0 aliphatic rings. The molecule has 2 aromatic rings. The number of hydrogen-bond acceptors (Lipinski definition) is 4. The number of nitrogens with zero attached hydrogens (tertiary/aromatic N) is 1. The summed E-state index contributed by atoms with van der Waals surface area (Å²) in [4.78, 5) is 3.78. The average molecular weight is 351 g/mol. The molecule has 0 spiro atoms. The highest BCUT2D eigenvalue weighted by Crippen LogP contribution is 2.20. The monoisotopic (exact) mass is 350 g/mol. The number of alkyl halides is 3. The predicted octanol–water partition coefficient (Wildman–Crippen LogP) is 3.99. The third-order valence-corrected chi connectivity index (χ3v) is 2.97. The van der Waals surface area contributed by atoms with E-state index in [2.05, 4.69) is 31.0 Å². The number of rotatable bonds is 5. The van der Waals surface area contributed by atoms with Crippen LogP contribution in [0.5, 0.6) is 5.88 Å². The standard InChI is InChI=1S/C12H10BrF3N2O2/c13-9-3-4-19-10(9)6-17-8-1-2-11(18-5-8)20-7-12(14,15)16/h1-5,17H,6-7H2. The summed E-state index contributed by atoms with van der Waals surface area (Å²) >= 11 is 3.31. The summed E-state index contributed by atoms with van der Waals surface area (Å²) in [5, 5.41) is 3.02. The van der Waals surface area contributed by atoms with Gasteiger partial charge in [0.25, 0.3) is 0 Å². The quantitative estimate of drug-likeness (QED) is 0.885. The van der Waals surface area contributed by atoms with E-state index in [9.17, 15) is 13.2 Å². The van der Waals surface area contributed by atoms with Gasteiger partial charge in [-0.15, -0.1) is 0 Å². The SMILES string of the molecule is FC(F)(F)COc1ccc(NCc2occc2Br)cn1. The summed E-state index contributed by atoms with van der Waals surface area (Å²) in [7, 11) is 0. The van der Waals surface area contributed by atoms with Crippen LogP contribution in [0.2, 0.25) is 0 Å². The zero-order valence-electron chi connectivity index (χ0n) is 10.1. The zero-order chi connectivity index (χ0) is 14.6. The molecule has 2 aromatic heterocycles. The molecule has 4 nitrogen and oxygen atoms in total. The summed E-state index contributed by atoms with van der Waals surface area (Å²) in [6, 6.07) is 4.71. The van der Waals surface area contributed by atoms with Gasteiger partial charge >= 0.3 is 6.18 Å². The van der Waals surface area contributed by atoms with Crippen molar-refractivity contribution < 1.29 is 22.3 Å². The summed E-state index contributed by atoms with van der Waals surface area (Å²) in [5.74, 6) is 0.634. The van der Waals surface area contributed by atoms with Gasteiger partial charge in [0.15, 0.2) is 6.61 Å². The number of ether oxygens (including phenoxy) is 1. The third-order valence-electron chi connectivity index (χ3n) is 2.26. The number of hydrogen-bond donors (Lipinski definition) is 1. The number of nitrogens with one attached hydrogen (secondary N) is 1. The summed E-state index contributed by atoms with van der Waals surface area (Å²) < 4.78 is 46.4. The van der Waals surface area contributed by atoms with Crippen molar-refractivity contribution in [3.05, 3.63) is 40.9 Å². The van der Waals surface area contributed by atoms with E-state index in [0.717, 1.165) is 4.47 Å². The third kappa shape index (κ3) is 4.44. The molecule has 0 aliphatic carbocycles. The van der Waals surface area contributed by atoms with E-state index >= 15 is 0 Å². The molecule has 0 amide bonds. The maximum absolute atomic E-state index is 12.0. The lowest BCUT2D eigenvalue weighted by molar-refractivity contribution is -0.154. The van der Waals surface area contributed by atoms with Gasteiger partial charge in [0.2, 0.25) is 5.88 Å². The molecule has 0 fully saturated rings. The number of furan rings is 1. The lowest BCUT2D eigenvalue weighted by Crippen LogP contribution is -2.19. The number of halogens is 4. The van der Waals surface area contributed by atoms with Crippen LogP contribution < -0.4 is 10.1 Å². The Kier molecular flexibility index (Phi) is 4.53. The lowest BCUT2D eigenvalue weighted by Gasteiger charge is -2.09. The van der Waals surface area contributed by atoms with Gasteiger partial charge in [-0.25, -0.2) is 4.98 Å². The zero-order valence-corrected chi connectivity index (χ0v) is 11.7. The minimum absolute atomic E-state index is 0.0768. The van der Waals surface area contributed by atoms with Crippen molar-refractivity contribution in [2.24, 2.45) is 0 Å². The van der Waals surface area contributed by atoms with Crippen LogP contribution >= 0.6 is 15.9 Å². The molecule has 2 rings (SSSR count). The van der Waals surface area contributed by atoms with E-state index in [1.807, 2.05) is 0 Å². The molecule has 0 atom stereocenters. The van der Waals surface area contributed by atoms with Gasteiger partial charge in [-0.1, -0.05) is 0 Å². The Hall–Kier alpha value is -1.70. The second-order valence-corrected chi connectivity index (χ2v) is 4.69. The fraction of sp³-hybridized carbons (Fsp3) is 0.250. The Bertz CT molecular complexity index is 555. The second-order valence-electron chi connectivity index (χ2n) is 3.83. The van der Waals surface area contributed by atoms with Crippen molar-refractivity contribution in [3.63, 3.8) is 0 Å². The average Bonchev–Trinajstić information content (AvgIpc) is 2.80. The van der Waals surface area contributed by atoms with Crippen molar-refractivity contribution in [3.8, 4) is 5.88 Å². The van der Waals surface area contributed by atoms with Crippen LogP contribution in [-0.4, -0.2) is 17.8 Å². The molecular formula is C12H10BrF3N2O2. The molecule has 0 saturated carbocycles. The first-order chi connectivity index (χ1) is 9.44. The molecule has 0 radical (unpaired) electrons. The number of aromatic nitrogens is 1. The first kappa shape index (κ1) is 14.7. The Morgan fingerprint density at radius 1 is 1.30 bits per heavy atom. The lowest BCUT2D eigenvalue weighted by atomic mass is 10.4. The van der Waals surface area contributed by atoms with Crippen LogP contribution in [0.1, 0.15) is 5.76 Å². The molecular weight excluding hydrogens is 341 g/mol. The van der Waals surface area contributed by atoms with Crippen LogP contribution in [0, 0.1) is 0 Å².